The van der Waals surface area contributed by atoms with Gasteiger partial charge in [-0.3, -0.25) is 4.79 Å². The molecule has 2 fully saturated rings. The number of piperidine rings is 1. The fourth-order valence-corrected chi connectivity index (χ4v) is 5.57. The smallest absolute Gasteiger partial charge is 0.227 e. The van der Waals surface area contributed by atoms with E-state index in [1.807, 2.05) is 18.2 Å². The van der Waals surface area contributed by atoms with Gasteiger partial charge in [0.05, 0.1) is 16.1 Å². The Labute approximate surface area is 185 Å². The van der Waals surface area contributed by atoms with E-state index >= 15 is 0 Å². The number of hydrogen-bond donors (Lipinski definition) is 0. The van der Waals surface area contributed by atoms with Crippen molar-refractivity contribution in [3.8, 4) is 0 Å². The molecule has 0 N–H and O–H groups in total. The van der Waals surface area contributed by atoms with Crippen LogP contribution in [0.25, 0.3) is 10.2 Å². The van der Waals surface area contributed by atoms with Gasteiger partial charge in [-0.2, -0.15) is 0 Å². The number of anilines is 2. The van der Waals surface area contributed by atoms with E-state index in [9.17, 15) is 4.79 Å². The highest BCUT2D eigenvalue weighted by molar-refractivity contribution is 7.22. The SMILES string of the molecule is O=C(C1CCCN(c2nc3ccccc3s2)C1)N1CCN(c2ccc(Cl)cc2)CC1. The third-order valence-electron chi connectivity index (χ3n) is 6.11. The molecule has 0 radical (unpaired) electrons. The van der Waals surface area contributed by atoms with Crippen LogP contribution in [0.2, 0.25) is 5.02 Å². The molecule has 1 atom stereocenters. The zero-order chi connectivity index (χ0) is 20.5. The summed E-state index contributed by atoms with van der Waals surface area (Å²) in [4.78, 5) is 24.7. The van der Waals surface area contributed by atoms with E-state index in [0.717, 1.165) is 67.8 Å². The van der Waals surface area contributed by atoms with Gasteiger partial charge in [-0.25, -0.2) is 4.98 Å². The van der Waals surface area contributed by atoms with Crippen LogP contribution in [0.5, 0.6) is 0 Å². The van der Waals surface area contributed by atoms with Gasteiger partial charge in [0, 0.05) is 50.0 Å². The zero-order valence-electron chi connectivity index (χ0n) is 16.8. The zero-order valence-corrected chi connectivity index (χ0v) is 18.4. The van der Waals surface area contributed by atoms with Crippen molar-refractivity contribution >= 4 is 49.9 Å². The minimum Gasteiger partial charge on any atom is -0.368 e. The second-order valence-corrected chi connectivity index (χ2v) is 9.48. The molecule has 3 heterocycles. The van der Waals surface area contributed by atoms with Gasteiger partial charge in [0.2, 0.25) is 5.91 Å². The predicted octanol–water partition coefficient (Wildman–Crippen LogP) is 4.51. The van der Waals surface area contributed by atoms with E-state index in [4.69, 9.17) is 16.6 Å². The molecule has 156 valence electrons. The number of para-hydroxylation sites is 1. The molecule has 2 saturated heterocycles. The van der Waals surface area contributed by atoms with Crippen molar-refractivity contribution < 1.29 is 4.79 Å². The van der Waals surface area contributed by atoms with E-state index < -0.39 is 0 Å². The summed E-state index contributed by atoms with van der Waals surface area (Å²) >= 11 is 7.73. The number of aromatic nitrogens is 1. The Balaban J connectivity index is 1.21. The number of piperazine rings is 1. The number of carbonyl (C=O) groups is 1. The molecule has 5 rings (SSSR count). The lowest BCUT2D eigenvalue weighted by molar-refractivity contribution is -0.136. The summed E-state index contributed by atoms with van der Waals surface area (Å²) in [5.74, 6) is 0.365. The summed E-state index contributed by atoms with van der Waals surface area (Å²) < 4.78 is 1.21. The molecule has 3 aromatic rings. The van der Waals surface area contributed by atoms with Crippen molar-refractivity contribution in [2.24, 2.45) is 5.92 Å². The molecular weight excluding hydrogens is 416 g/mol. The highest BCUT2D eigenvalue weighted by atomic mass is 35.5. The average molecular weight is 441 g/mol. The standard InChI is InChI=1S/C23H25ClN4OS/c24-18-7-9-19(10-8-18)26-12-14-27(15-13-26)22(29)17-4-3-11-28(16-17)23-25-20-5-1-2-6-21(20)30-23/h1-2,5-10,17H,3-4,11-16H2. The number of fused-ring (bicyclic) bond motifs is 1. The van der Waals surface area contributed by atoms with Gasteiger partial charge in [0.15, 0.2) is 5.13 Å². The van der Waals surface area contributed by atoms with E-state index in [2.05, 4.69) is 45.0 Å². The van der Waals surface area contributed by atoms with Gasteiger partial charge < -0.3 is 14.7 Å². The molecule has 1 aromatic heterocycles. The predicted molar refractivity (Wildman–Crippen MR) is 125 cm³/mol. The van der Waals surface area contributed by atoms with Gasteiger partial charge in [-0.1, -0.05) is 35.1 Å². The molecule has 0 bridgehead atoms. The maximum absolute atomic E-state index is 13.2. The van der Waals surface area contributed by atoms with Crippen LogP contribution >= 0.6 is 22.9 Å². The summed E-state index contributed by atoms with van der Waals surface area (Å²) in [6.45, 7) is 5.03. The van der Waals surface area contributed by atoms with E-state index in [1.54, 1.807) is 11.3 Å². The highest BCUT2D eigenvalue weighted by Crippen LogP contribution is 2.32. The third kappa shape index (κ3) is 3.98. The van der Waals surface area contributed by atoms with Gasteiger partial charge in [-0.05, 0) is 49.2 Å². The van der Waals surface area contributed by atoms with Crippen LogP contribution in [0.15, 0.2) is 48.5 Å². The molecule has 0 aliphatic carbocycles. The Hall–Kier alpha value is -2.31. The Morgan fingerprint density at radius 1 is 0.967 bits per heavy atom. The average Bonchev–Trinajstić information content (AvgIpc) is 3.24. The van der Waals surface area contributed by atoms with Gasteiger partial charge in [0.25, 0.3) is 0 Å². The molecule has 2 aromatic carbocycles. The summed E-state index contributed by atoms with van der Waals surface area (Å²) in [6, 6.07) is 16.2. The highest BCUT2D eigenvalue weighted by Gasteiger charge is 2.32. The van der Waals surface area contributed by atoms with Crippen LogP contribution in [0.4, 0.5) is 10.8 Å². The number of amides is 1. The maximum Gasteiger partial charge on any atom is 0.227 e. The van der Waals surface area contributed by atoms with Gasteiger partial charge in [-0.15, -0.1) is 0 Å². The molecule has 2 aliphatic heterocycles. The molecule has 2 aliphatic rings. The quantitative estimate of drug-likeness (QED) is 0.600. The molecule has 1 unspecified atom stereocenters. The number of hydrogen-bond acceptors (Lipinski definition) is 5. The largest absolute Gasteiger partial charge is 0.368 e. The van der Waals surface area contributed by atoms with Crippen LogP contribution in [0, 0.1) is 5.92 Å². The summed E-state index contributed by atoms with van der Waals surface area (Å²) in [5.41, 5.74) is 2.22. The summed E-state index contributed by atoms with van der Waals surface area (Å²) in [6.07, 6.45) is 2.01. The van der Waals surface area contributed by atoms with Crippen molar-refractivity contribution in [1.82, 2.24) is 9.88 Å². The Morgan fingerprint density at radius 3 is 2.50 bits per heavy atom. The van der Waals surface area contributed by atoms with Crippen LogP contribution in [-0.4, -0.2) is 55.1 Å². The maximum atomic E-state index is 13.2. The van der Waals surface area contributed by atoms with Crippen LogP contribution < -0.4 is 9.80 Å². The Bertz CT molecular complexity index is 996. The normalized spacial score (nSPS) is 20.0. The first kappa shape index (κ1) is 19.6. The molecular formula is C23H25ClN4OS. The number of benzene rings is 2. The molecule has 30 heavy (non-hydrogen) atoms. The fourth-order valence-electron chi connectivity index (χ4n) is 4.44. The van der Waals surface area contributed by atoms with Crippen molar-refractivity contribution in [2.45, 2.75) is 12.8 Å². The van der Waals surface area contributed by atoms with Crippen LogP contribution in [0.3, 0.4) is 0 Å². The second kappa shape index (κ2) is 8.44. The summed E-state index contributed by atoms with van der Waals surface area (Å²) in [5, 5.41) is 1.80. The van der Waals surface area contributed by atoms with E-state index in [0.29, 0.717) is 5.91 Å². The van der Waals surface area contributed by atoms with Gasteiger partial charge >= 0.3 is 0 Å². The molecule has 1 amide bonds. The third-order valence-corrected chi connectivity index (χ3v) is 7.46. The van der Waals surface area contributed by atoms with Crippen molar-refractivity contribution in [3.63, 3.8) is 0 Å². The van der Waals surface area contributed by atoms with Gasteiger partial charge in [0.1, 0.15) is 0 Å². The van der Waals surface area contributed by atoms with E-state index in [-0.39, 0.29) is 5.92 Å². The molecule has 0 saturated carbocycles. The summed E-state index contributed by atoms with van der Waals surface area (Å²) in [7, 11) is 0. The number of rotatable bonds is 3. The number of thiazole rings is 1. The lowest BCUT2D eigenvalue weighted by Crippen LogP contribution is -2.52. The number of nitrogens with zero attached hydrogens (tertiary/aromatic N) is 4. The Morgan fingerprint density at radius 2 is 1.73 bits per heavy atom. The lowest BCUT2D eigenvalue weighted by atomic mass is 9.96. The molecule has 5 nitrogen and oxygen atoms in total. The number of halogens is 1. The first-order chi connectivity index (χ1) is 14.7. The molecule has 0 spiro atoms. The minimum absolute atomic E-state index is 0.0628. The topological polar surface area (TPSA) is 39.7 Å². The van der Waals surface area contributed by atoms with Crippen molar-refractivity contribution in [1.29, 1.82) is 0 Å². The Kier molecular flexibility index (Phi) is 5.52. The number of carbonyl (C=O) groups excluding carboxylic acids is 1. The lowest BCUT2D eigenvalue weighted by Gasteiger charge is -2.39. The van der Waals surface area contributed by atoms with E-state index in [1.165, 1.54) is 10.4 Å². The first-order valence-corrected chi connectivity index (χ1v) is 11.8. The molecule has 7 heteroatoms. The second-order valence-electron chi connectivity index (χ2n) is 8.04. The van der Waals surface area contributed by atoms with Crippen molar-refractivity contribution in [2.75, 3.05) is 49.1 Å². The monoisotopic (exact) mass is 440 g/mol. The van der Waals surface area contributed by atoms with Crippen LogP contribution in [-0.2, 0) is 4.79 Å². The van der Waals surface area contributed by atoms with Crippen LogP contribution in [0.1, 0.15) is 12.8 Å². The first-order valence-electron chi connectivity index (χ1n) is 10.6. The minimum atomic E-state index is 0.0628. The van der Waals surface area contributed by atoms with Crippen molar-refractivity contribution in [3.05, 3.63) is 53.6 Å². The fraction of sp³-hybridized carbons (Fsp3) is 0.391.